The number of rotatable bonds is 4. The van der Waals surface area contributed by atoms with E-state index in [-0.39, 0.29) is 11.9 Å². The smallest absolute Gasteiger partial charge is 0.123 e. The van der Waals surface area contributed by atoms with Crippen LogP contribution in [0.4, 0.5) is 10.1 Å². The van der Waals surface area contributed by atoms with Crippen LogP contribution >= 0.6 is 0 Å². The summed E-state index contributed by atoms with van der Waals surface area (Å²) < 4.78 is 13.0. The third kappa shape index (κ3) is 2.92. The number of anilines is 1. The molecule has 1 N–H and O–H groups in total. The van der Waals surface area contributed by atoms with E-state index in [4.69, 9.17) is 0 Å². The molecule has 1 aromatic heterocycles. The average Bonchev–Trinajstić information content (AvgIpc) is 3.22. The van der Waals surface area contributed by atoms with Crippen molar-refractivity contribution < 1.29 is 4.39 Å². The fourth-order valence-electron chi connectivity index (χ4n) is 2.39. The van der Waals surface area contributed by atoms with Gasteiger partial charge in [0, 0.05) is 12.4 Å². The topological polar surface area (TPSA) is 24.9 Å². The van der Waals surface area contributed by atoms with Crippen LogP contribution in [-0.4, -0.2) is 4.98 Å². The predicted molar refractivity (Wildman–Crippen MR) is 74.5 cm³/mol. The summed E-state index contributed by atoms with van der Waals surface area (Å²) in [5.41, 5.74) is 3.31. The summed E-state index contributed by atoms with van der Waals surface area (Å²) in [6, 6.07) is 9.14. The van der Waals surface area contributed by atoms with E-state index in [9.17, 15) is 4.39 Å². The van der Waals surface area contributed by atoms with Gasteiger partial charge in [-0.25, -0.2) is 4.39 Å². The van der Waals surface area contributed by atoms with Gasteiger partial charge in [0.1, 0.15) is 5.82 Å². The van der Waals surface area contributed by atoms with E-state index >= 15 is 0 Å². The predicted octanol–water partition coefficient (Wildman–Crippen LogP) is 4.09. The lowest BCUT2D eigenvalue weighted by atomic mass is 10.0. The molecule has 3 heteroatoms. The van der Waals surface area contributed by atoms with Gasteiger partial charge in [-0.05, 0) is 55.0 Å². The molecular weight excluding hydrogens is 239 g/mol. The Hall–Kier alpha value is -1.90. The number of halogens is 1. The molecule has 1 saturated carbocycles. The molecule has 0 aliphatic heterocycles. The number of hydrogen-bond acceptors (Lipinski definition) is 2. The quantitative estimate of drug-likeness (QED) is 0.891. The SMILES string of the molecule is Cc1cncc(NC(c2ccc(F)cc2)C2CC2)c1. The Bertz CT molecular complexity index is 561. The van der Waals surface area contributed by atoms with Crippen molar-refractivity contribution in [1.82, 2.24) is 4.98 Å². The highest BCUT2D eigenvalue weighted by Gasteiger charge is 2.32. The summed E-state index contributed by atoms with van der Waals surface area (Å²) in [5.74, 6) is 0.460. The number of aryl methyl sites for hydroxylation is 1. The van der Waals surface area contributed by atoms with E-state index in [0.29, 0.717) is 5.92 Å². The van der Waals surface area contributed by atoms with E-state index in [1.54, 1.807) is 0 Å². The molecule has 0 amide bonds. The third-order valence-electron chi connectivity index (χ3n) is 3.52. The molecule has 1 heterocycles. The highest BCUT2D eigenvalue weighted by Crippen LogP contribution is 2.42. The van der Waals surface area contributed by atoms with E-state index in [2.05, 4.69) is 16.4 Å². The molecule has 1 aliphatic rings. The van der Waals surface area contributed by atoms with E-state index in [1.807, 2.05) is 31.5 Å². The van der Waals surface area contributed by atoms with Gasteiger partial charge in [-0.3, -0.25) is 4.98 Å². The zero-order chi connectivity index (χ0) is 13.2. The Kier molecular flexibility index (Phi) is 3.20. The zero-order valence-corrected chi connectivity index (χ0v) is 10.9. The normalized spacial score (nSPS) is 16.1. The van der Waals surface area contributed by atoms with Crippen molar-refractivity contribution in [2.75, 3.05) is 5.32 Å². The van der Waals surface area contributed by atoms with Gasteiger partial charge in [-0.1, -0.05) is 12.1 Å². The second kappa shape index (κ2) is 5.00. The standard InChI is InChI=1S/C16H17FN2/c1-11-8-15(10-18-9-11)19-16(12-2-3-12)13-4-6-14(17)7-5-13/h4-10,12,16,19H,2-3H2,1H3. The van der Waals surface area contributed by atoms with Gasteiger partial charge in [0.05, 0.1) is 11.7 Å². The van der Waals surface area contributed by atoms with E-state index in [1.165, 1.54) is 25.0 Å². The lowest BCUT2D eigenvalue weighted by Gasteiger charge is -2.20. The number of benzene rings is 1. The molecular formula is C16H17FN2. The van der Waals surface area contributed by atoms with E-state index in [0.717, 1.165) is 16.8 Å². The van der Waals surface area contributed by atoms with Crippen LogP contribution in [0.15, 0.2) is 42.7 Å². The van der Waals surface area contributed by atoms with Gasteiger partial charge in [0.2, 0.25) is 0 Å². The fourth-order valence-corrected chi connectivity index (χ4v) is 2.39. The molecule has 1 aliphatic carbocycles. The van der Waals surface area contributed by atoms with Crippen molar-refractivity contribution in [1.29, 1.82) is 0 Å². The van der Waals surface area contributed by atoms with Gasteiger partial charge in [-0.15, -0.1) is 0 Å². The van der Waals surface area contributed by atoms with Gasteiger partial charge >= 0.3 is 0 Å². The van der Waals surface area contributed by atoms with E-state index < -0.39 is 0 Å². The first kappa shape index (κ1) is 12.2. The van der Waals surface area contributed by atoms with Crippen molar-refractivity contribution in [2.24, 2.45) is 5.92 Å². The van der Waals surface area contributed by atoms with Crippen molar-refractivity contribution in [3.63, 3.8) is 0 Å². The second-order valence-electron chi connectivity index (χ2n) is 5.26. The Morgan fingerprint density at radius 1 is 1.21 bits per heavy atom. The summed E-state index contributed by atoms with van der Waals surface area (Å²) in [6.07, 6.45) is 6.14. The average molecular weight is 256 g/mol. The van der Waals surface area contributed by atoms with Gasteiger partial charge in [0.25, 0.3) is 0 Å². The highest BCUT2D eigenvalue weighted by molar-refractivity contribution is 5.45. The van der Waals surface area contributed by atoms with Crippen LogP contribution in [0.5, 0.6) is 0 Å². The summed E-state index contributed by atoms with van der Waals surface area (Å²) in [6.45, 7) is 2.03. The minimum Gasteiger partial charge on any atom is -0.377 e. The first-order valence-corrected chi connectivity index (χ1v) is 6.66. The number of aromatic nitrogens is 1. The Morgan fingerprint density at radius 2 is 1.95 bits per heavy atom. The van der Waals surface area contributed by atoms with Crippen molar-refractivity contribution in [3.8, 4) is 0 Å². The molecule has 0 radical (unpaired) electrons. The van der Waals surface area contributed by atoms with Gasteiger partial charge in [0.15, 0.2) is 0 Å². The lowest BCUT2D eigenvalue weighted by Crippen LogP contribution is -2.13. The van der Waals surface area contributed by atoms with Crippen molar-refractivity contribution in [3.05, 3.63) is 59.7 Å². The Balaban J connectivity index is 1.83. The highest BCUT2D eigenvalue weighted by atomic mass is 19.1. The third-order valence-corrected chi connectivity index (χ3v) is 3.52. The first-order valence-electron chi connectivity index (χ1n) is 6.66. The van der Waals surface area contributed by atoms with Crippen LogP contribution in [0, 0.1) is 18.7 Å². The Morgan fingerprint density at radius 3 is 2.58 bits per heavy atom. The number of nitrogens with zero attached hydrogens (tertiary/aromatic N) is 1. The van der Waals surface area contributed by atoms with Crippen molar-refractivity contribution in [2.45, 2.75) is 25.8 Å². The Labute approximate surface area is 112 Å². The minimum atomic E-state index is -0.185. The molecule has 1 fully saturated rings. The molecule has 2 aromatic rings. The molecule has 1 aromatic carbocycles. The molecule has 98 valence electrons. The monoisotopic (exact) mass is 256 g/mol. The maximum Gasteiger partial charge on any atom is 0.123 e. The molecule has 1 atom stereocenters. The van der Waals surface area contributed by atoms with Crippen molar-refractivity contribution >= 4 is 5.69 Å². The summed E-state index contributed by atoms with van der Waals surface area (Å²) in [4.78, 5) is 4.20. The van der Waals surface area contributed by atoms with Crippen LogP contribution in [-0.2, 0) is 0 Å². The maximum absolute atomic E-state index is 13.0. The molecule has 1 unspecified atom stereocenters. The number of pyridine rings is 1. The molecule has 19 heavy (non-hydrogen) atoms. The second-order valence-corrected chi connectivity index (χ2v) is 5.26. The minimum absolute atomic E-state index is 0.185. The molecule has 2 nitrogen and oxygen atoms in total. The molecule has 0 bridgehead atoms. The fraction of sp³-hybridized carbons (Fsp3) is 0.312. The summed E-state index contributed by atoms with van der Waals surface area (Å²) in [5, 5.41) is 3.53. The van der Waals surface area contributed by atoms with Crippen LogP contribution in [0.25, 0.3) is 0 Å². The molecule has 0 saturated heterocycles. The summed E-state index contributed by atoms with van der Waals surface area (Å²) >= 11 is 0. The van der Waals surface area contributed by atoms with Crippen LogP contribution in [0.3, 0.4) is 0 Å². The van der Waals surface area contributed by atoms with Gasteiger partial charge in [-0.2, -0.15) is 0 Å². The molecule has 0 spiro atoms. The van der Waals surface area contributed by atoms with Gasteiger partial charge < -0.3 is 5.32 Å². The molecule has 3 rings (SSSR count). The van der Waals surface area contributed by atoms with Crippen LogP contribution in [0.2, 0.25) is 0 Å². The summed E-state index contributed by atoms with van der Waals surface area (Å²) in [7, 11) is 0. The van der Waals surface area contributed by atoms with Crippen LogP contribution in [0.1, 0.15) is 30.0 Å². The van der Waals surface area contributed by atoms with Crippen LogP contribution < -0.4 is 5.32 Å². The largest absolute Gasteiger partial charge is 0.377 e. The zero-order valence-electron chi connectivity index (χ0n) is 10.9. The maximum atomic E-state index is 13.0. The number of hydrogen-bond donors (Lipinski definition) is 1. The lowest BCUT2D eigenvalue weighted by molar-refractivity contribution is 0.622. The first-order chi connectivity index (χ1) is 9.22. The number of nitrogens with one attached hydrogen (secondary N) is 1.